The summed E-state index contributed by atoms with van der Waals surface area (Å²) in [6, 6.07) is 3.55. The Balaban J connectivity index is 0. The van der Waals surface area contributed by atoms with E-state index in [-0.39, 0.29) is 17.0 Å². The molecule has 5 nitrogen and oxygen atoms in total. The molecule has 1 heterocycles. The number of nitrogens with zero attached hydrogens (tertiary/aromatic N) is 2. The van der Waals surface area contributed by atoms with Crippen molar-refractivity contribution < 1.29 is 36.6 Å². The number of aromatic nitrogens is 1. The van der Waals surface area contributed by atoms with Crippen LogP contribution in [0.25, 0.3) is 0 Å². The first-order valence-corrected chi connectivity index (χ1v) is 4.38. The first kappa shape index (κ1) is 17.1. The number of rotatable bonds is 0. The van der Waals surface area contributed by atoms with Crippen molar-refractivity contribution in [3.63, 3.8) is 0 Å². The third-order valence-corrected chi connectivity index (χ3v) is 1.74. The second-order valence-corrected chi connectivity index (χ2v) is 3.30. The second-order valence-electron chi connectivity index (χ2n) is 3.30. The van der Waals surface area contributed by atoms with Gasteiger partial charge in [0.25, 0.3) is 0 Å². The molecule has 0 aliphatic heterocycles. The van der Waals surface area contributed by atoms with E-state index in [9.17, 15) is 9.90 Å². The highest BCUT2D eigenvalue weighted by Gasteiger charge is 1.98. The van der Waals surface area contributed by atoms with E-state index in [1.807, 2.05) is 24.6 Å². The Morgan fingerprint density at radius 3 is 2.12 bits per heavy atom. The molecule has 0 spiro atoms. The van der Waals surface area contributed by atoms with Crippen molar-refractivity contribution >= 4 is 6.09 Å². The number of carboxylic acid groups (broad SMARTS) is 1. The van der Waals surface area contributed by atoms with Gasteiger partial charge in [0.05, 0.1) is 0 Å². The molecule has 1 amide bonds. The minimum Gasteiger partial charge on any atom is -1.00 e. The molecule has 0 aliphatic rings. The van der Waals surface area contributed by atoms with E-state index in [2.05, 4.69) is 0 Å². The minimum absolute atomic E-state index is 0. The zero-order chi connectivity index (χ0) is 12.0. The molecule has 0 radical (unpaired) electrons. The van der Waals surface area contributed by atoms with Crippen LogP contribution in [0.2, 0.25) is 0 Å². The van der Waals surface area contributed by atoms with E-state index in [0.29, 0.717) is 5.75 Å². The van der Waals surface area contributed by atoms with Gasteiger partial charge in [-0.2, -0.15) is 0 Å². The summed E-state index contributed by atoms with van der Waals surface area (Å²) in [6.45, 7) is 1.99. The third kappa shape index (κ3) is 7.05. The summed E-state index contributed by atoms with van der Waals surface area (Å²) >= 11 is 0. The summed E-state index contributed by atoms with van der Waals surface area (Å²) in [5, 5.41) is 18.4. The van der Waals surface area contributed by atoms with E-state index in [0.717, 1.165) is 10.6 Å². The number of aryl methyl sites for hydroxylation is 2. The zero-order valence-electron chi connectivity index (χ0n) is 9.77. The van der Waals surface area contributed by atoms with Crippen molar-refractivity contribution in [2.24, 2.45) is 7.05 Å². The average molecular weight is 292 g/mol. The molecule has 0 bridgehead atoms. The minimum atomic E-state index is -1.16. The summed E-state index contributed by atoms with van der Waals surface area (Å²) in [6.07, 6.45) is 0.519. The lowest BCUT2D eigenvalue weighted by Gasteiger charge is -2.10. The van der Waals surface area contributed by atoms with Gasteiger partial charge in [-0.25, -0.2) is 4.57 Å². The molecule has 1 aromatic heterocycles. The molecule has 1 rings (SSSR count). The Hall–Kier alpha value is -1.30. The van der Waals surface area contributed by atoms with Crippen molar-refractivity contribution in [2.75, 3.05) is 14.1 Å². The lowest BCUT2D eigenvalue weighted by molar-refractivity contribution is -0.678. The number of carbonyl (C=O) groups excluding carboxylic acids is 1. The van der Waals surface area contributed by atoms with Crippen molar-refractivity contribution in [1.82, 2.24) is 4.90 Å². The van der Waals surface area contributed by atoms with E-state index in [1.54, 1.807) is 12.3 Å². The Kier molecular flexibility index (Phi) is 8.47. The van der Waals surface area contributed by atoms with Crippen LogP contribution >= 0.6 is 0 Å². The number of halogens is 1. The molecular weight excluding hydrogens is 276 g/mol. The van der Waals surface area contributed by atoms with Gasteiger partial charge in [0.2, 0.25) is 6.20 Å². The van der Waals surface area contributed by atoms with Gasteiger partial charge < -0.3 is 36.9 Å². The van der Waals surface area contributed by atoms with Crippen molar-refractivity contribution in [3.05, 3.63) is 24.0 Å². The predicted molar refractivity (Wildman–Crippen MR) is 53.1 cm³/mol. The van der Waals surface area contributed by atoms with E-state index in [1.165, 1.54) is 14.1 Å². The topological polar surface area (TPSA) is 67.5 Å². The normalized spacial score (nSPS) is 8.25. The maximum Gasteiger partial charge on any atom is 0.210 e. The van der Waals surface area contributed by atoms with Gasteiger partial charge in [0, 0.05) is 27.1 Å². The molecule has 6 heteroatoms. The first-order chi connectivity index (χ1) is 6.84. The number of pyridine rings is 1. The number of carbonyl (C=O) groups is 1. The highest BCUT2D eigenvalue weighted by molar-refractivity contribution is 5.61. The van der Waals surface area contributed by atoms with Crippen LogP contribution < -0.4 is 26.7 Å². The number of aromatic hydroxyl groups is 1. The van der Waals surface area contributed by atoms with E-state index in [4.69, 9.17) is 5.11 Å². The zero-order valence-corrected chi connectivity index (χ0v) is 11.4. The lowest BCUT2D eigenvalue weighted by Crippen LogP contribution is -3.00. The third-order valence-electron chi connectivity index (χ3n) is 1.74. The molecule has 1 N–H and O–H groups in total. The maximum absolute atomic E-state index is 9.51. The summed E-state index contributed by atoms with van der Waals surface area (Å²) in [5.41, 5.74) is 1.13. The lowest BCUT2D eigenvalue weighted by atomic mass is 10.3. The largest absolute Gasteiger partial charge is 1.00 e. The van der Waals surface area contributed by atoms with Gasteiger partial charge in [0.15, 0.2) is 11.4 Å². The molecular formula is C10H16BrN2O3-. The van der Waals surface area contributed by atoms with Crippen LogP contribution in [0.3, 0.4) is 0 Å². The summed E-state index contributed by atoms with van der Waals surface area (Å²) in [7, 11) is 4.72. The maximum atomic E-state index is 9.51. The molecule has 0 aliphatic carbocycles. The number of hydrogen-bond acceptors (Lipinski definition) is 3. The molecule has 0 atom stereocenters. The number of amides is 1. The van der Waals surface area contributed by atoms with Gasteiger partial charge in [-0.1, -0.05) is 0 Å². The Bertz CT molecular complexity index is 343. The van der Waals surface area contributed by atoms with Crippen molar-refractivity contribution in [3.8, 4) is 5.75 Å². The monoisotopic (exact) mass is 291 g/mol. The van der Waals surface area contributed by atoms with Crippen LogP contribution in [0.1, 0.15) is 5.69 Å². The van der Waals surface area contributed by atoms with Crippen molar-refractivity contribution in [2.45, 2.75) is 6.92 Å². The molecule has 0 saturated carbocycles. The smallest absolute Gasteiger partial charge is 0.210 e. The average Bonchev–Trinajstić information content (AvgIpc) is 2.13. The van der Waals surface area contributed by atoms with E-state index >= 15 is 0 Å². The van der Waals surface area contributed by atoms with E-state index < -0.39 is 6.09 Å². The summed E-state index contributed by atoms with van der Waals surface area (Å²) < 4.78 is 1.87. The second kappa shape index (κ2) is 7.92. The van der Waals surface area contributed by atoms with Crippen LogP contribution in [-0.4, -0.2) is 30.2 Å². The van der Waals surface area contributed by atoms with Crippen molar-refractivity contribution in [1.29, 1.82) is 0 Å². The highest BCUT2D eigenvalue weighted by atomic mass is 79.9. The van der Waals surface area contributed by atoms with Crippen LogP contribution in [0.4, 0.5) is 4.79 Å². The molecule has 0 saturated heterocycles. The fourth-order valence-electron chi connectivity index (χ4n) is 0.667. The Morgan fingerprint density at radius 1 is 1.44 bits per heavy atom. The van der Waals surface area contributed by atoms with Crippen LogP contribution in [-0.2, 0) is 7.05 Å². The molecule has 1 aromatic rings. The Labute approximate surface area is 106 Å². The van der Waals surface area contributed by atoms with Gasteiger partial charge in [-0.3, -0.25) is 0 Å². The van der Waals surface area contributed by atoms with Crippen LogP contribution in [0, 0.1) is 6.92 Å². The quantitative estimate of drug-likeness (QED) is 0.503. The van der Waals surface area contributed by atoms with Crippen LogP contribution in [0.5, 0.6) is 5.75 Å². The Morgan fingerprint density at radius 2 is 1.88 bits per heavy atom. The van der Waals surface area contributed by atoms with Gasteiger partial charge in [-0.15, -0.1) is 0 Å². The molecule has 0 unspecified atom stereocenters. The first-order valence-electron chi connectivity index (χ1n) is 4.38. The fraction of sp³-hybridized carbons (Fsp3) is 0.400. The van der Waals surface area contributed by atoms with Gasteiger partial charge in [-0.05, 0) is 6.07 Å². The van der Waals surface area contributed by atoms with Gasteiger partial charge in [0.1, 0.15) is 13.1 Å². The molecule has 0 aromatic carbocycles. The fourth-order valence-corrected chi connectivity index (χ4v) is 0.667. The molecule has 92 valence electrons. The SMILES string of the molecule is CN(C)C(=O)[O-].Cc1ccc(O)c[n+]1C.[Br-]. The molecule has 16 heavy (non-hydrogen) atoms. The standard InChI is InChI=1S/C7H9NO.C3H7NO2.BrH/c1-6-3-4-7(9)5-8(6)2;1-4(2)3(5)6;/h3-5H,1-2H3;1-2H3,(H,5,6);1H/p-1. The predicted octanol–water partition coefficient (Wildman–Crippen LogP) is -3.58. The number of hydrogen-bond donors (Lipinski definition) is 1. The van der Waals surface area contributed by atoms with Crippen LogP contribution in [0.15, 0.2) is 18.3 Å². The summed E-state index contributed by atoms with van der Waals surface area (Å²) in [5.74, 6) is 0.308. The highest BCUT2D eigenvalue weighted by Crippen LogP contribution is 2.02. The van der Waals surface area contributed by atoms with Gasteiger partial charge >= 0.3 is 0 Å². The summed E-state index contributed by atoms with van der Waals surface area (Å²) in [4.78, 5) is 10.5. The molecule has 0 fully saturated rings.